The van der Waals surface area contributed by atoms with Crippen LogP contribution in [0.5, 0.6) is 0 Å². The second-order valence-electron chi connectivity index (χ2n) is 10.4. The van der Waals surface area contributed by atoms with Gasteiger partial charge >= 0.3 is 31.6 Å². The number of aromatic nitrogens is 24. The number of halogens is 8. The first-order chi connectivity index (χ1) is 27.6. The summed E-state index contributed by atoms with van der Waals surface area (Å²) in [6.07, 6.45) is 16.1. The van der Waals surface area contributed by atoms with Crippen LogP contribution in [0.25, 0.3) is 0 Å². The zero-order chi connectivity index (χ0) is 43.9. The molecule has 0 atom stereocenters. The average molecular weight is 902 g/mol. The van der Waals surface area contributed by atoms with Crippen molar-refractivity contribution in [3.63, 3.8) is 0 Å². The zero-order valence-electron chi connectivity index (χ0n) is 33.2. The van der Waals surface area contributed by atoms with Crippen LogP contribution in [0.2, 0.25) is 0 Å². The van der Waals surface area contributed by atoms with Gasteiger partial charge in [0.1, 0.15) is 38.0 Å². The summed E-state index contributed by atoms with van der Waals surface area (Å²) in [5.74, 6) is 0. The molecule has 6 aromatic rings. The van der Waals surface area contributed by atoms with E-state index in [1.54, 1.807) is 66.1 Å². The first-order valence-electron chi connectivity index (χ1n) is 17.6. The number of rotatable bonds is 12. The second kappa shape index (κ2) is 38.1. The molecule has 334 valence electrons. The third-order valence-corrected chi connectivity index (χ3v) is 5.06. The molecule has 0 N–H and O–H groups in total. The van der Waals surface area contributed by atoms with Crippen molar-refractivity contribution in [1.82, 2.24) is 121 Å². The first kappa shape index (κ1) is 57.8. The van der Waals surface area contributed by atoms with E-state index < -0.39 is 14.5 Å². The summed E-state index contributed by atoms with van der Waals surface area (Å²) in [7, 11) is -12.0. The molecule has 0 spiro atoms. The summed E-state index contributed by atoms with van der Waals surface area (Å²) in [6, 6.07) is 0. The van der Waals surface area contributed by atoms with Crippen molar-refractivity contribution in [2.75, 3.05) is 0 Å². The van der Waals surface area contributed by atoms with Gasteiger partial charge in [0.15, 0.2) is 0 Å². The molecule has 24 nitrogen and oxygen atoms in total. The third kappa shape index (κ3) is 45.1. The van der Waals surface area contributed by atoms with Crippen LogP contribution in [0.4, 0.5) is 34.5 Å². The Balaban J connectivity index is -0.000000610. The Morgan fingerprint density at radius 2 is 0.424 bits per heavy atom. The van der Waals surface area contributed by atoms with Gasteiger partial charge in [-0.05, 0) is 101 Å². The van der Waals surface area contributed by atoms with E-state index in [0.29, 0.717) is 0 Å². The molecule has 6 heterocycles. The topological polar surface area (TPSA) is 262 Å². The zero-order valence-corrected chi connectivity index (χ0v) is 34.3. The van der Waals surface area contributed by atoms with Crippen molar-refractivity contribution >= 4 is 14.5 Å². The molecule has 35 heteroatoms. The molecule has 0 aliphatic carbocycles. The molecule has 6 aromatic heterocycles. The average Bonchev–Trinajstić information content (AvgIpc) is 3.98. The summed E-state index contributed by atoms with van der Waals surface area (Å²) in [4.78, 5) is 0. The van der Waals surface area contributed by atoms with Crippen LogP contribution in [0.3, 0.4) is 0 Å². The largest absolute Gasteiger partial charge is 2.00 e. The monoisotopic (exact) mass is 902 g/mol. The maximum Gasteiger partial charge on any atom is 2.00 e. The van der Waals surface area contributed by atoms with E-state index in [-0.39, 0.29) is 17.1 Å². The van der Waals surface area contributed by atoms with E-state index in [1.165, 1.54) is 0 Å². The number of aryl methyl sites for hydroxylation is 6. The number of hydrogen-bond donors (Lipinski definition) is 0. The Kier molecular flexibility index (Phi) is 37.3. The number of nitrogens with zero attached hydrogens (tertiary/aromatic N) is 24. The van der Waals surface area contributed by atoms with Crippen molar-refractivity contribution in [3.8, 4) is 0 Å². The summed E-state index contributed by atoms with van der Waals surface area (Å²) >= 11 is 0. The van der Waals surface area contributed by atoms with E-state index in [9.17, 15) is 34.5 Å². The molecule has 59 heavy (non-hydrogen) atoms. The van der Waals surface area contributed by atoms with Gasteiger partial charge in [0, 0.05) is 39.3 Å². The minimum Gasteiger partial charge on any atom is -0.418 e. The van der Waals surface area contributed by atoms with Crippen LogP contribution >= 0.6 is 0 Å². The van der Waals surface area contributed by atoms with E-state index in [4.69, 9.17) is 0 Å². The van der Waals surface area contributed by atoms with Gasteiger partial charge in [-0.2, -0.15) is 0 Å². The Bertz CT molecular complexity index is 1290. The van der Waals surface area contributed by atoms with Crippen LogP contribution in [0.15, 0.2) is 38.0 Å². The summed E-state index contributed by atoms with van der Waals surface area (Å²) in [6.45, 7) is 18.0. The molecule has 0 aromatic carbocycles. The molecule has 0 radical (unpaired) electrons. The predicted octanol–water partition coefficient (Wildman–Crippen LogP) is 3.10. The molecular weight excluding hydrogens is 854 g/mol. The SMILES string of the molecule is CCCn1cnnn1.CCCn1cnnn1.CCCn1cnnn1.CCCn1cnnn1.CCCn1cnnn1.CCCn1cnnn1.F[B-](F)(F)F.F[B-](F)(F)F.[Fe+2]. The predicted molar refractivity (Wildman–Crippen MR) is 189 cm³/mol. The maximum absolute atomic E-state index is 9.75. The molecule has 0 aliphatic heterocycles. The fourth-order valence-electron chi connectivity index (χ4n) is 3.07. The minimum atomic E-state index is -6.00. The Morgan fingerprint density at radius 3 is 0.492 bits per heavy atom. The van der Waals surface area contributed by atoms with E-state index >= 15 is 0 Å². The summed E-state index contributed by atoms with van der Waals surface area (Å²) < 4.78 is 88.2. The Morgan fingerprint density at radius 1 is 0.305 bits per heavy atom. The fourth-order valence-corrected chi connectivity index (χ4v) is 3.07. The van der Waals surface area contributed by atoms with Crippen LogP contribution < -0.4 is 0 Å². The maximum atomic E-state index is 9.75. The summed E-state index contributed by atoms with van der Waals surface area (Å²) in [5.41, 5.74) is 0. The standard InChI is InChI=1S/6C4H8N4.2BF4.Fe/c6*1-2-3-8-4-5-6-7-8;2*2-1(3,4)5;/h6*4H,2-3H2,1H3;;;/q;;;;;;2*-1;+2. The molecule has 0 saturated carbocycles. The molecule has 0 amide bonds. The van der Waals surface area contributed by atoms with Gasteiger partial charge in [0.2, 0.25) is 0 Å². The molecule has 0 unspecified atom stereocenters. The molecule has 0 aliphatic rings. The van der Waals surface area contributed by atoms with E-state index in [0.717, 1.165) is 77.8 Å². The number of hydrogen-bond acceptors (Lipinski definition) is 18. The van der Waals surface area contributed by atoms with Crippen molar-refractivity contribution < 1.29 is 51.6 Å². The third-order valence-electron chi connectivity index (χ3n) is 5.06. The van der Waals surface area contributed by atoms with Crippen LogP contribution in [-0.2, 0) is 56.3 Å². The van der Waals surface area contributed by atoms with E-state index in [1.807, 2.05) is 0 Å². The summed E-state index contributed by atoms with van der Waals surface area (Å²) in [5, 5.41) is 63.6. The van der Waals surface area contributed by atoms with Gasteiger partial charge in [-0.3, -0.25) is 0 Å². The first-order valence-corrected chi connectivity index (χ1v) is 17.6. The van der Waals surface area contributed by atoms with Crippen LogP contribution in [0.1, 0.15) is 80.1 Å². The molecule has 0 bridgehead atoms. The van der Waals surface area contributed by atoms with Gasteiger partial charge in [-0.15, -0.1) is 30.6 Å². The Labute approximate surface area is 344 Å². The van der Waals surface area contributed by atoms with Crippen LogP contribution in [-0.4, -0.2) is 136 Å². The normalized spacial score (nSPS) is 9.86. The van der Waals surface area contributed by atoms with E-state index in [2.05, 4.69) is 135 Å². The van der Waals surface area contributed by atoms with Gasteiger partial charge in [-0.25, -0.2) is 28.1 Å². The van der Waals surface area contributed by atoms with Crippen LogP contribution in [0, 0.1) is 0 Å². The van der Waals surface area contributed by atoms with Gasteiger partial charge < -0.3 is 34.5 Å². The van der Waals surface area contributed by atoms with Crippen molar-refractivity contribution in [2.45, 2.75) is 119 Å². The van der Waals surface area contributed by atoms with Crippen molar-refractivity contribution in [1.29, 1.82) is 0 Å². The Hall–Kier alpha value is -5.49. The molecule has 0 fully saturated rings. The van der Waals surface area contributed by atoms with Crippen molar-refractivity contribution in [3.05, 3.63) is 38.0 Å². The smallest absolute Gasteiger partial charge is 0.418 e. The molecule has 0 saturated heterocycles. The van der Waals surface area contributed by atoms with Gasteiger partial charge in [0.25, 0.3) is 0 Å². The van der Waals surface area contributed by atoms with Crippen molar-refractivity contribution in [2.24, 2.45) is 0 Å². The van der Waals surface area contributed by atoms with Gasteiger partial charge in [-0.1, -0.05) is 41.5 Å². The number of tetrazole rings is 6. The second-order valence-corrected chi connectivity index (χ2v) is 10.4. The molecule has 6 rings (SSSR count). The quantitative estimate of drug-likeness (QED) is 0.126. The minimum absolute atomic E-state index is 0. The van der Waals surface area contributed by atoms with Gasteiger partial charge in [0.05, 0.1) is 0 Å². The fraction of sp³-hybridized carbons (Fsp3) is 0.750. The molecular formula is C24H48B2F8FeN24.